The lowest BCUT2D eigenvalue weighted by Gasteiger charge is -2.33. The van der Waals surface area contributed by atoms with Crippen LogP contribution in [0.4, 0.5) is 26.3 Å². The second kappa shape index (κ2) is 10.6. The SMILES string of the molecule is COc1ccc(OCc2ccc(CO)c(CO)c2)cc1-c1ccc(C(O)(C(F)(F)F)C(F)(F)F)cc1C. The van der Waals surface area contributed by atoms with Crippen LogP contribution in [0.1, 0.15) is 27.8 Å². The zero-order valence-electron chi connectivity index (χ0n) is 19.7. The molecule has 0 spiro atoms. The molecule has 0 saturated carbocycles. The molecule has 0 aliphatic heterocycles. The van der Waals surface area contributed by atoms with E-state index in [-0.39, 0.29) is 30.9 Å². The summed E-state index contributed by atoms with van der Waals surface area (Å²) in [7, 11) is 1.36. The fourth-order valence-corrected chi connectivity index (χ4v) is 3.90. The van der Waals surface area contributed by atoms with Crippen molar-refractivity contribution in [2.45, 2.75) is 44.7 Å². The summed E-state index contributed by atoms with van der Waals surface area (Å²) in [6.07, 6.45) is -12.0. The first-order valence-electron chi connectivity index (χ1n) is 10.9. The van der Waals surface area contributed by atoms with Gasteiger partial charge >= 0.3 is 12.4 Å². The first-order valence-corrected chi connectivity index (χ1v) is 10.9. The number of aryl methyl sites for hydroxylation is 1. The average Bonchev–Trinajstić information content (AvgIpc) is 2.85. The number of ether oxygens (including phenoxy) is 2. The minimum Gasteiger partial charge on any atom is -0.496 e. The van der Waals surface area contributed by atoms with Gasteiger partial charge in [-0.15, -0.1) is 0 Å². The van der Waals surface area contributed by atoms with Crippen LogP contribution in [0.5, 0.6) is 11.5 Å². The van der Waals surface area contributed by atoms with Crippen LogP contribution in [0.15, 0.2) is 54.6 Å². The summed E-state index contributed by atoms with van der Waals surface area (Å²) in [6.45, 7) is 0.883. The van der Waals surface area contributed by atoms with Gasteiger partial charge < -0.3 is 24.8 Å². The largest absolute Gasteiger partial charge is 0.496 e. The second-order valence-electron chi connectivity index (χ2n) is 8.31. The number of hydrogen-bond donors (Lipinski definition) is 3. The van der Waals surface area contributed by atoms with Crippen molar-refractivity contribution in [3.8, 4) is 22.6 Å². The predicted octanol–water partition coefficient (Wildman–Crippen LogP) is 5.55. The van der Waals surface area contributed by atoms with Crippen molar-refractivity contribution >= 4 is 0 Å². The van der Waals surface area contributed by atoms with Gasteiger partial charge in [0.05, 0.1) is 20.3 Å². The van der Waals surface area contributed by atoms with Crippen molar-refractivity contribution in [3.63, 3.8) is 0 Å². The molecule has 3 N–H and O–H groups in total. The Morgan fingerprint density at radius 1 is 0.757 bits per heavy atom. The van der Waals surface area contributed by atoms with Crippen molar-refractivity contribution in [1.29, 1.82) is 0 Å². The maximum atomic E-state index is 13.3. The molecule has 0 heterocycles. The third kappa shape index (κ3) is 5.53. The molecule has 0 saturated heterocycles. The average molecular weight is 530 g/mol. The van der Waals surface area contributed by atoms with Gasteiger partial charge in [-0.25, -0.2) is 0 Å². The molecule has 0 amide bonds. The molecule has 0 radical (unpaired) electrons. The molecular weight excluding hydrogens is 506 g/mol. The Labute approximate surface area is 208 Å². The number of hydrogen-bond acceptors (Lipinski definition) is 5. The first-order chi connectivity index (χ1) is 17.3. The zero-order chi connectivity index (χ0) is 27.6. The van der Waals surface area contributed by atoms with E-state index < -0.39 is 23.5 Å². The molecule has 3 rings (SSSR count). The Bertz CT molecular complexity index is 1240. The van der Waals surface area contributed by atoms with E-state index in [9.17, 15) is 41.7 Å². The molecule has 0 unspecified atom stereocenters. The van der Waals surface area contributed by atoms with Gasteiger partial charge in [-0.1, -0.05) is 30.3 Å². The van der Waals surface area contributed by atoms with E-state index in [2.05, 4.69) is 0 Å². The molecule has 11 heteroatoms. The smallest absolute Gasteiger partial charge is 0.430 e. The first kappa shape index (κ1) is 28.3. The highest BCUT2D eigenvalue weighted by Gasteiger charge is 2.71. The number of aliphatic hydroxyl groups is 3. The number of alkyl halides is 6. The molecule has 3 aromatic carbocycles. The summed E-state index contributed by atoms with van der Waals surface area (Å²) in [6, 6.07) is 11.9. The van der Waals surface area contributed by atoms with E-state index in [0.717, 1.165) is 6.07 Å². The molecule has 200 valence electrons. The lowest BCUT2D eigenvalue weighted by molar-refractivity contribution is -0.376. The van der Waals surface area contributed by atoms with Crippen molar-refractivity contribution < 1.29 is 51.1 Å². The van der Waals surface area contributed by atoms with Crippen LogP contribution in [-0.2, 0) is 25.4 Å². The summed E-state index contributed by atoms with van der Waals surface area (Å²) in [5.41, 5.74) is -3.94. The topological polar surface area (TPSA) is 79.2 Å². The van der Waals surface area contributed by atoms with E-state index in [0.29, 0.717) is 45.9 Å². The molecule has 0 fully saturated rings. The van der Waals surface area contributed by atoms with Gasteiger partial charge in [0.25, 0.3) is 5.60 Å². The van der Waals surface area contributed by atoms with Crippen molar-refractivity contribution in [2.75, 3.05) is 7.11 Å². The Balaban J connectivity index is 1.96. The van der Waals surface area contributed by atoms with Crippen LogP contribution >= 0.6 is 0 Å². The highest BCUT2D eigenvalue weighted by atomic mass is 19.4. The van der Waals surface area contributed by atoms with Crippen LogP contribution in [0.25, 0.3) is 11.1 Å². The maximum Gasteiger partial charge on any atom is 0.430 e. The molecular formula is C26H24F6O5. The van der Waals surface area contributed by atoms with Crippen LogP contribution in [0.2, 0.25) is 0 Å². The van der Waals surface area contributed by atoms with Gasteiger partial charge in [-0.3, -0.25) is 0 Å². The van der Waals surface area contributed by atoms with Gasteiger partial charge in [0.2, 0.25) is 0 Å². The number of benzene rings is 3. The number of aliphatic hydroxyl groups excluding tert-OH is 2. The van der Waals surface area contributed by atoms with Crippen molar-refractivity contribution in [3.05, 3.63) is 82.4 Å². The van der Waals surface area contributed by atoms with Gasteiger partial charge in [0, 0.05) is 11.1 Å². The molecule has 0 atom stereocenters. The fraction of sp³-hybridized carbons (Fsp3) is 0.308. The third-order valence-electron chi connectivity index (χ3n) is 5.94. The molecule has 0 aliphatic rings. The second-order valence-corrected chi connectivity index (χ2v) is 8.31. The van der Waals surface area contributed by atoms with Crippen LogP contribution in [-0.4, -0.2) is 34.8 Å². The van der Waals surface area contributed by atoms with Gasteiger partial charge in [-0.2, -0.15) is 26.3 Å². The Morgan fingerprint density at radius 3 is 1.95 bits per heavy atom. The highest BCUT2D eigenvalue weighted by Crippen LogP contribution is 2.50. The zero-order valence-corrected chi connectivity index (χ0v) is 19.7. The standard InChI is InChI=1S/C26H24F6O5/c1-15-9-19(24(35,25(27,28)29)26(30,31)32)5-7-21(15)22-11-20(6-8-23(22)36-2)37-14-16-3-4-17(12-33)18(10-16)13-34/h3-11,33-35H,12-14H2,1-2H3. The van der Waals surface area contributed by atoms with Crippen molar-refractivity contribution in [2.24, 2.45) is 0 Å². The van der Waals surface area contributed by atoms with Crippen LogP contribution in [0.3, 0.4) is 0 Å². The molecule has 5 nitrogen and oxygen atoms in total. The monoisotopic (exact) mass is 530 g/mol. The van der Waals surface area contributed by atoms with Crippen LogP contribution in [0, 0.1) is 6.92 Å². The number of halogens is 6. The molecule has 3 aromatic rings. The number of methoxy groups -OCH3 is 1. The fourth-order valence-electron chi connectivity index (χ4n) is 3.90. The molecule has 0 bridgehead atoms. The highest BCUT2D eigenvalue weighted by molar-refractivity contribution is 5.75. The van der Waals surface area contributed by atoms with E-state index in [4.69, 9.17) is 9.47 Å². The summed E-state index contributed by atoms with van der Waals surface area (Å²) < 4.78 is 90.9. The molecule has 0 aromatic heterocycles. The van der Waals surface area contributed by atoms with E-state index >= 15 is 0 Å². The summed E-state index contributed by atoms with van der Waals surface area (Å²) in [4.78, 5) is 0. The Hall–Kier alpha value is -3.28. The lowest BCUT2D eigenvalue weighted by atomic mass is 9.88. The van der Waals surface area contributed by atoms with Gasteiger partial charge in [0.1, 0.15) is 18.1 Å². The minimum atomic E-state index is -5.99. The normalized spacial score (nSPS) is 12.5. The Morgan fingerprint density at radius 2 is 1.41 bits per heavy atom. The van der Waals surface area contributed by atoms with Gasteiger partial charge in [-0.05, 0) is 59.0 Å². The summed E-state index contributed by atoms with van der Waals surface area (Å²) in [5.74, 6) is 0.623. The minimum absolute atomic E-state index is 0.0343. The van der Waals surface area contributed by atoms with E-state index in [1.807, 2.05) is 0 Å². The van der Waals surface area contributed by atoms with Gasteiger partial charge in [0.15, 0.2) is 0 Å². The van der Waals surface area contributed by atoms with Crippen LogP contribution < -0.4 is 9.47 Å². The van der Waals surface area contributed by atoms with Crippen molar-refractivity contribution in [1.82, 2.24) is 0 Å². The molecule has 0 aliphatic carbocycles. The summed E-state index contributed by atoms with van der Waals surface area (Å²) >= 11 is 0. The lowest BCUT2D eigenvalue weighted by Crippen LogP contribution is -2.53. The van der Waals surface area contributed by atoms with E-state index in [1.54, 1.807) is 24.3 Å². The predicted molar refractivity (Wildman–Crippen MR) is 122 cm³/mol. The Kier molecular flexibility index (Phi) is 8.11. The number of rotatable bonds is 8. The summed E-state index contributed by atoms with van der Waals surface area (Å²) in [5, 5.41) is 28.5. The quantitative estimate of drug-likeness (QED) is 0.333. The third-order valence-corrected chi connectivity index (χ3v) is 5.94. The van der Waals surface area contributed by atoms with E-state index in [1.165, 1.54) is 26.2 Å². The maximum absolute atomic E-state index is 13.3. The molecule has 37 heavy (non-hydrogen) atoms.